The van der Waals surface area contributed by atoms with Gasteiger partial charge in [-0.1, -0.05) is 13.8 Å². The van der Waals surface area contributed by atoms with E-state index in [1.54, 1.807) is 13.8 Å². The van der Waals surface area contributed by atoms with Crippen molar-refractivity contribution in [1.82, 2.24) is 5.32 Å². The molecule has 1 unspecified atom stereocenters. The second-order valence-electron chi connectivity index (χ2n) is 4.54. The van der Waals surface area contributed by atoms with Gasteiger partial charge in [0.25, 0.3) is 5.91 Å². The molecular weight excluding hydrogens is 279 g/mol. The maximum Gasteiger partial charge on any atom is 0.391 e. The van der Waals surface area contributed by atoms with Gasteiger partial charge in [-0.2, -0.15) is 13.2 Å². The van der Waals surface area contributed by atoms with Gasteiger partial charge in [0.1, 0.15) is 6.04 Å². The molecule has 2 N–H and O–H groups in total. The van der Waals surface area contributed by atoms with E-state index >= 15 is 0 Å². The minimum absolute atomic E-state index is 0.0830. The van der Waals surface area contributed by atoms with E-state index in [9.17, 15) is 22.8 Å². The predicted molar refractivity (Wildman–Crippen MR) is 62.4 cm³/mol. The summed E-state index contributed by atoms with van der Waals surface area (Å²) in [6, 6.07) is -0.535. The van der Waals surface area contributed by atoms with Crippen LogP contribution in [0.3, 0.4) is 0 Å². The highest BCUT2D eigenvalue weighted by atomic mass is 19.4. The van der Waals surface area contributed by atoms with Gasteiger partial charge in [-0.15, -0.1) is 0 Å². The monoisotopic (exact) mass is 293 g/mol. The average Bonchev–Trinajstić information content (AvgIpc) is 2.74. The molecule has 1 amide bonds. The van der Waals surface area contributed by atoms with E-state index in [2.05, 4.69) is 0 Å². The molecule has 0 aliphatic heterocycles. The van der Waals surface area contributed by atoms with E-state index in [0.29, 0.717) is 5.56 Å². The van der Waals surface area contributed by atoms with Gasteiger partial charge >= 0.3 is 12.1 Å². The number of hydrogen-bond donors (Lipinski definition) is 2. The van der Waals surface area contributed by atoms with Gasteiger partial charge in [-0.3, -0.25) is 4.79 Å². The zero-order valence-corrected chi connectivity index (χ0v) is 10.8. The highest BCUT2D eigenvalue weighted by Gasteiger charge is 2.37. The van der Waals surface area contributed by atoms with Crippen LogP contribution in [0.2, 0.25) is 0 Å². The smallest absolute Gasteiger partial charge is 0.391 e. The average molecular weight is 293 g/mol. The van der Waals surface area contributed by atoms with Crippen molar-refractivity contribution in [2.45, 2.75) is 38.4 Å². The first-order valence-corrected chi connectivity index (χ1v) is 5.79. The van der Waals surface area contributed by atoms with E-state index in [1.165, 1.54) is 12.3 Å². The Bertz CT molecular complexity index is 493. The SMILES string of the molecule is CC(C)c1ccoc1C(=O)NC(CC(F)(F)F)C(=O)O. The minimum atomic E-state index is -4.69. The number of carboxylic acid groups (broad SMARTS) is 1. The van der Waals surface area contributed by atoms with Crippen LogP contribution in [-0.2, 0) is 4.79 Å². The Balaban J connectivity index is 2.86. The van der Waals surface area contributed by atoms with Crippen molar-refractivity contribution >= 4 is 11.9 Å². The number of furan rings is 1. The molecule has 20 heavy (non-hydrogen) atoms. The maximum absolute atomic E-state index is 12.2. The zero-order chi connectivity index (χ0) is 15.5. The lowest BCUT2D eigenvalue weighted by Gasteiger charge is -2.16. The standard InChI is InChI=1S/C12H14F3NO4/c1-6(2)7-3-4-20-9(7)10(17)16-8(11(18)19)5-12(13,14)15/h3-4,6,8H,5H2,1-2H3,(H,16,17)(H,18,19). The second-order valence-corrected chi connectivity index (χ2v) is 4.54. The van der Waals surface area contributed by atoms with Gasteiger partial charge in [0, 0.05) is 5.56 Å². The number of carboxylic acids is 1. The molecule has 1 atom stereocenters. The number of aliphatic carboxylic acids is 1. The number of carbonyl (C=O) groups is 2. The summed E-state index contributed by atoms with van der Waals surface area (Å²) in [5.74, 6) is -2.99. The quantitative estimate of drug-likeness (QED) is 0.874. The highest BCUT2D eigenvalue weighted by molar-refractivity contribution is 5.95. The number of nitrogens with one attached hydrogen (secondary N) is 1. The third-order valence-electron chi connectivity index (χ3n) is 2.56. The van der Waals surface area contributed by atoms with Crippen LogP contribution in [0.4, 0.5) is 13.2 Å². The van der Waals surface area contributed by atoms with E-state index in [-0.39, 0.29) is 11.7 Å². The van der Waals surface area contributed by atoms with Crippen molar-refractivity contribution in [2.24, 2.45) is 0 Å². The topological polar surface area (TPSA) is 79.5 Å². The molecule has 0 saturated carbocycles. The Morgan fingerprint density at radius 1 is 1.40 bits per heavy atom. The summed E-state index contributed by atoms with van der Waals surface area (Å²) < 4.78 is 41.6. The molecule has 1 rings (SSSR count). The van der Waals surface area contributed by atoms with Crippen LogP contribution >= 0.6 is 0 Å². The summed E-state index contributed by atoms with van der Waals surface area (Å²) in [6.07, 6.45) is -5.12. The highest BCUT2D eigenvalue weighted by Crippen LogP contribution is 2.23. The maximum atomic E-state index is 12.2. The van der Waals surface area contributed by atoms with Crippen molar-refractivity contribution in [3.8, 4) is 0 Å². The lowest BCUT2D eigenvalue weighted by atomic mass is 10.0. The molecule has 1 heterocycles. The summed E-state index contributed by atoms with van der Waals surface area (Å²) in [7, 11) is 0. The largest absolute Gasteiger partial charge is 0.480 e. The molecule has 8 heteroatoms. The molecule has 0 spiro atoms. The number of hydrogen-bond acceptors (Lipinski definition) is 3. The molecule has 0 aliphatic rings. The molecule has 0 fully saturated rings. The summed E-state index contributed by atoms with van der Waals surface area (Å²) in [4.78, 5) is 22.6. The van der Waals surface area contributed by atoms with Gasteiger partial charge in [0.15, 0.2) is 5.76 Å². The summed E-state index contributed by atoms with van der Waals surface area (Å²) in [5.41, 5.74) is 0.499. The van der Waals surface area contributed by atoms with Gasteiger partial charge in [0.05, 0.1) is 12.7 Å². The number of carbonyl (C=O) groups excluding carboxylic acids is 1. The van der Waals surface area contributed by atoms with Crippen LogP contribution in [0, 0.1) is 0 Å². The van der Waals surface area contributed by atoms with Crippen LogP contribution < -0.4 is 5.32 Å². The normalized spacial score (nSPS) is 13.3. The van der Waals surface area contributed by atoms with Crippen molar-refractivity contribution in [3.05, 3.63) is 23.7 Å². The third-order valence-corrected chi connectivity index (χ3v) is 2.56. The van der Waals surface area contributed by atoms with Crippen LogP contribution in [0.1, 0.15) is 42.3 Å². The van der Waals surface area contributed by atoms with Crippen LogP contribution in [-0.4, -0.2) is 29.2 Å². The molecule has 112 valence electrons. The fourth-order valence-corrected chi connectivity index (χ4v) is 1.61. The number of rotatable bonds is 5. The molecule has 0 radical (unpaired) electrons. The molecule has 5 nitrogen and oxygen atoms in total. The fraction of sp³-hybridized carbons (Fsp3) is 0.500. The number of amides is 1. The van der Waals surface area contributed by atoms with Crippen LogP contribution in [0.5, 0.6) is 0 Å². The van der Waals surface area contributed by atoms with E-state index in [1.807, 2.05) is 5.32 Å². The first-order valence-electron chi connectivity index (χ1n) is 5.79. The Morgan fingerprint density at radius 3 is 2.45 bits per heavy atom. The van der Waals surface area contributed by atoms with Crippen LogP contribution in [0.25, 0.3) is 0 Å². The molecule has 0 bridgehead atoms. The van der Waals surface area contributed by atoms with E-state index < -0.39 is 30.5 Å². The van der Waals surface area contributed by atoms with Gasteiger partial charge in [-0.05, 0) is 12.0 Å². The van der Waals surface area contributed by atoms with Crippen molar-refractivity contribution < 1.29 is 32.3 Å². The molecule has 0 aliphatic carbocycles. The Kier molecular flexibility index (Phi) is 4.80. The Labute approximate surface area is 112 Å². The van der Waals surface area contributed by atoms with Crippen LogP contribution in [0.15, 0.2) is 16.7 Å². The fourth-order valence-electron chi connectivity index (χ4n) is 1.61. The molecule has 0 aromatic carbocycles. The van der Waals surface area contributed by atoms with E-state index in [4.69, 9.17) is 9.52 Å². The molecule has 0 saturated heterocycles. The molecule has 1 aromatic rings. The Hall–Kier alpha value is -1.99. The number of halogens is 3. The summed E-state index contributed by atoms with van der Waals surface area (Å²) >= 11 is 0. The van der Waals surface area contributed by atoms with Gasteiger partial charge in [-0.25, -0.2) is 4.79 Å². The number of alkyl halides is 3. The van der Waals surface area contributed by atoms with Crippen molar-refractivity contribution in [3.63, 3.8) is 0 Å². The lowest BCUT2D eigenvalue weighted by Crippen LogP contribution is -2.43. The van der Waals surface area contributed by atoms with E-state index in [0.717, 1.165) is 0 Å². The Morgan fingerprint density at radius 2 is 2.00 bits per heavy atom. The minimum Gasteiger partial charge on any atom is -0.480 e. The lowest BCUT2D eigenvalue weighted by molar-refractivity contribution is -0.157. The molecular formula is C12H14F3NO4. The van der Waals surface area contributed by atoms with Crippen molar-refractivity contribution in [1.29, 1.82) is 0 Å². The van der Waals surface area contributed by atoms with Gasteiger partial charge in [0.2, 0.25) is 0 Å². The van der Waals surface area contributed by atoms with Gasteiger partial charge < -0.3 is 14.8 Å². The first-order chi connectivity index (χ1) is 9.11. The zero-order valence-electron chi connectivity index (χ0n) is 10.8. The van der Waals surface area contributed by atoms with Crippen molar-refractivity contribution in [2.75, 3.05) is 0 Å². The first kappa shape index (κ1) is 16.1. The summed E-state index contributed by atoms with van der Waals surface area (Å²) in [5, 5.41) is 10.5. The summed E-state index contributed by atoms with van der Waals surface area (Å²) in [6.45, 7) is 3.54. The second kappa shape index (κ2) is 5.98. The molecule has 1 aromatic heterocycles. The third kappa shape index (κ3) is 4.29. The predicted octanol–water partition coefficient (Wildman–Crippen LogP) is 2.54.